The fourth-order valence-electron chi connectivity index (χ4n) is 1.48. The van der Waals surface area contributed by atoms with Crippen LogP contribution in [0, 0.1) is 5.92 Å². The normalized spacial score (nSPS) is 12.8. The Balaban J connectivity index is 2.50. The molecule has 0 spiro atoms. The molecule has 1 nitrogen and oxygen atoms in total. The topological polar surface area (TPSA) is 17.1 Å². The zero-order chi connectivity index (χ0) is 10.6. The molecule has 0 fully saturated rings. The number of hydrogen-bond acceptors (Lipinski definition) is 2. The van der Waals surface area contributed by atoms with Crippen LogP contribution in [-0.2, 0) is 0 Å². The van der Waals surface area contributed by atoms with E-state index in [4.69, 9.17) is 0 Å². The summed E-state index contributed by atoms with van der Waals surface area (Å²) in [6, 6.07) is 3.83. The second-order valence-corrected chi connectivity index (χ2v) is 6.09. The summed E-state index contributed by atoms with van der Waals surface area (Å²) in [7, 11) is 0. The molecule has 0 bridgehead atoms. The molecule has 78 valence electrons. The summed E-state index contributed by atoms with van der Waals surface area (Å²) in [6.45, 7) is 4.30. The fraction of sp³-hybridized carbons (Fsp3) is 0.545. The standard InChI is InChI=1S/C11H15BrOS/c1-3-4-8(2)7-9(13)10-5-6-11(12)14-10/h5-6,8H,3-4,7H2,1-2H3. The quantitative estimate of drug-likeness (QED) is 0.722. The van der Waals surface area contributed by atoms with Crippen LogP contribution >= 0.6 is 27.3 Å². The summed E-state index contributed by atoms with van der Waals surface area (Å²) in [6.07, 6.45) is 2.97. The molecule has 0 saturated carbocycles. The molecule has 0 radical (unpaired) electrons. The van der Waals surface area contributed by atoms with Gasteiger partial charge in [0.25, 0.3) is 0 Å². The van der Waals surface area contributed by atoms with Crippen LogP contribution in [0.15, 0.2) is 15.9 Å². The summed E-state index contributed by atoms with van der Waals surface area (Å²) in [5, 5.41) is 0. The molecular formula is C11H15BrOS. The Morgan fingerprint density at radius 1 is 1.57 bits per heavy atom. The van der Waals surface area contributed by atoms with Crippen molar-refractivity contribution in [3.8, 4) is 0 Å². The highest BCUT2D eigenvalue weighted by atomic mass is 79.9. The van der Waals surface area contributed by atoms with Crippen LogP contribution in [-0.4, -0.2) is 5.78 Å². The highest BCUT2D eigenvalue weighted by Gasteiger charge is 2.12. The van der Waals surface area contributed by atoms with Gasteiger partial charge >= 0.3 is 0 Å². The van der Waals surface area contributed by atoms with Gasteiger partial charge in [-0.2, -0.15) is 0 Å². The summed E-state index contributed by atoms with van der Waals surface area (Å²) in [5.41, 5.74) is 0. The Kier molecular flexibility index (Phi) is 4.82. The van der Waals surface area contributed by atoms with Gasteiger partial charge in [-0.1, -0.05) is 26.7 Å². The summed E-state index contributed by atoms with van der Waals surface area (Å²) in [5.74, 6) is 0.787. The summed E-state index contributed by atoms with van der Waals surface area (Å²) < 4.78 is 1.03. The average Bonchev–Trinajstić information content (AvgIpc) is 2.52. The van der Waals surface area contributed by atoms with Gasteiger partial charge in [-0.3, -0.25) is 4.79 Å². The molecule has 0 N–H and O–H groups in total. The Bertz CT molecular complexity index is 306. The van der Waals surface area contributed by atoms with Crippen molar-refractivity contribution in [2.45, 2.75) is 33.1 Å². The Morgan fingerprint density at radius 3 is 2.79 bits per heavy atom. The smallest absolute Gasteiger partial charge is 0.173 e. The van der Waals surface area contributed by atoms with Gasteiger partial charge in [0.1, 0.15) is 0 Å². The van der Waals surface area contributed by atoms with Crippen LogP contribution in [0.25, 0.3) is 0 Å². The molecule has 1 heterocycles. The SMILES string of the molecule is CCCC(C)CC(=O)c1ccc(Br)s1. The van der Waals surface area contributed by atoms with E-state index in [1.54, 1.807) is 0 Å². The number of hydrogen-bond donors (Lipinski definition) is 0. The van der Waals surface area contributed by atoms with E-state index >= 15 is 0 Å². The number of thiophene rings is 1. The molecule has 1 atom stereocenters. The first-order valence-corrected chi connectivity index (χ1v) is 6.53. The van der Waals surface area contributed by atoms with Gasteiger partial charge in [-0.15, -0.1) is 11.3 Å². The molecule has 0 aromatic carbocycles. The number of halogens is 1. The monoisotopic (exact) mass is 274 g/mol. The first kappa shape index (κ1) is 11.9. The molecule has 0 aliphatic heterocycles. The lowest BCUT2D eigenvalue weighted by Crippen LogP contribution is -2.04. The van der Waals surface area contributed by atoms with Crippen molar-refractivity contribution in [3.05, 3.63) is 20.8 Å². The zero-order valence-electron chi connectivity index (χ0n) is 8.55. The molecule has 14 heavy (non-hydrogen) atoms. The minimum Gasteiger partial charge on any atom is -0.293 e. The Hall–Kier alpha value is -0.150. The lowest BCUT2D eigenvalue weighted by atomic mass is 9.99. The third-order valence-corrected chi connectivity index (χ3v) is 3.83. The maximum Gasteiger partial charge on any atom is 0.173 e. The first-order valence-electron chi connectivity index (χ1n) is 4.92. The van der Waals surface area contributed by atoms with Gasteiger partial charge in [0.15, 0.2) is 5.78 Å². The molecule has 0 amide bonds. The largest absolute Gasteiger partial charge is 0.293 e. The predicted octanol–water partition coefficient (Wildman–Crippen LogP) is 4.52. The van der Waals surface area contributed by atoms with Gasteiger partial charge in [-0.05, 0) is 34.0 Å². The number of rotatable bonds is 5. The highest BCUT2D eigenvalue weighted by molar-refractivity contribution is 9.11. The van der Waals surface area contributed by atoms with Gasteiger partial charge < -0.3 is 0 Å². The second-order valence-electron chi connectivity index (χ2n) is 3.62. The Morgan fingerprint density at radius 2 is 2.29 bits per heavy atom. The van der Waals surface area contributed by atoms with Gasteiger partial charge in [0.05, 0.1) is 8.66 Å². The van der Waals surface area contributed by atoms with Crippen molar-refractivity contribution >= 4 is 33.0 Å². The van der Waals surface area contributed by atoms with Crippen molar-refractivity contribution in [1.29, 1.82) is 0 Å². The van der Waals surface area contributed by atoms with Crippen LogP contribution in [0.3, 0.4) is 0 Å². The molecule has 1 aromatic heterocycles. The molecule has 0 saturated heterocycles. The number of carbonyl (C=O) groups excluding carboxylic acids is 1. The van der Waals surface area contributed by atoms with Gasteiger partial charge in [0, 0.05) is 6.42 Å². The maximum absolute atomic E-state index is 11.7. The first-order chi connectivity index (χ1) is 6.63. The molecule has 1 rings (SSSR count). The fourth-order valence-corrected chi connectivity index (χ4v) is 2.81. The lowest BCUT2D eigenvalue weighted by molar-refractivity contribution is 0.0966. The third-order valence-electron chi connectivity index (χ3n) is 2.16. The van der Waals surface area contributed by atoms with E-state index in [1.807, 2.05) is 12.1 Å². The molecule has 1 aromatic rings. The van der Waals surface area contributed by atoms with Crippen molar-refractivity contribution in [2.75, 3.05) is 0 Å². The van der Waals surface area contributed by atoms with E-state index in [2.05, 4.69) is 29.8 Å². The van der Waals surface area contributed by atoms with Crippen LogP contribution in [0.5, 0.6) is 0 Å². The van der Waals surface area contributed by atoms with Crippen LogP contribution in [0.4, 0.5) is 0 Å². The summed E-state index contributed by atoms with van der Waals surface area (Å²) in [4.78, 5) is 12.6. The maximum atomic E-state index is 11.7. The molecule has 0 aliphatic rings. The van der Waals surface area contributed by atoms with Crippen molar-refractivity contribution in [3.63, 3.8) is 0 Å². The minimum atomic E-state index is 0.279. The lowest BCUT2D eigenvalue weighted by Gasteiger charge is -2.07. The van der Waals surface area contributed by atoms with E-state index in [-0.39, 0.29) is 5.78 Å². The summed E-state index contributed by atoms with van der Waals surface area (Å²) >= 11 is 4.89. The third kappa shape index (κ3) is 3.54. The predicted molar refractivity (Wildman–Crippen MR) is 65.0 cm³/mol. The van der Waals surface area contributed by atoms with Crippen LogP contribution in [0.1, 0.15) is 42.8 Å². The van der Waals surface area contributed by atoms with Crippen molar-refractivity contribution in [1.82, 2.24) is 0 Å². The van der Waals surface area contributed by atoms with Crippen LogP contribution < -0.4 is 0 Å². The van der Waals surface area contributed by atoms with Crippen molar-refractivity contribution in [2.24, 2.45) is 5.92 Å². The zero-order valence-corrected chi connectivity index (χ0v) is 11.0. The molecule has 0 aliphatic carbocycles. The van der Waals surface area contributed by atoms with Gasteiger partial charge in [0.2, 0.25) is 0 Å². The highest BCUT2D eigenvalue weighted by Crippen LogP contribution is 2.24. The Labute approximate surface area is 97.7 Å². The number of Topliss-reactive ketones (excluding diaryl/α,β-unsaturated/α-hetero) is 1. The van der Waals surface area contributed by atoms with Crippen molar-refractivity contribution < 1.29 is 4.79 Å². The molecule has 1 unspecified atom stereocenters. The molecular weight excluding hydrogens is 260 g/mol. The van der Waals surface area contributed by atoms with Gasteiger partial charge in [-0.25, -0.2) is 0 Å². The van der Waals surface area contributed by atoms with E-state index < -0.39 is 0 Å². The average molecular weight is 275 g/mol. The van der Waals surface area contributed by atoms with E-state index in [0.29, 0.717) is 12.3 Å². The van der Waals surface area contributed by atoms with E-state index in [9.17, 15) is 4.79 Å². The number of carbonyl (C=O) groups is 1. The molecule has 3 heteroatoms. The van der Waals surface area contributed by atoms with Crippen LogP contribution in [0.2, 0.25) is 0 Å². The number of ketones is 1. The minimum absolute atomic E-state index is 0.279. The van der Waals surface area contributed by atoms with E-state index in [0.717, 1.165) is 21.5 Å². The van der Waals surface area contributed by atoms with E-state index in [1.165, 1.54) is 11.3 Å². The second kappa shape index (κ2) is 5.66.